The van der Waals surface area contributed by atoms with Gasteiger partial charge in [-0.1, -0.05) is 12.1 Å². The van der Waals surface area contributed by atoms with Gasteiger partial charge in [0.05, 0.1) is 12.8 Å². The largest absolute Gasteiger partial charge is 0.481 e. The van der Waals surface area contributed by atoms with Crippen LogP contribution in [-0.2, 0) is 11.3 Å². The lowest BCUT2D eigenvalue weighted by Crippen LogP contribution is -2.35. The average Bonchev–Trinajstić information content (AvgIpc) is 2.98. The molecule has 5 heteroatoms. The average molecular weight is 287 g/mol. The van der Waals surface area contributed by atoms with Crippen LogP contribution in [0.4, 0.5) is 0 Å². The third-order valence-corrected chi connectivity index (χ3v) is 2.94. The predicted octanol–water partition coefficient (Wildman–Crippen LogP) is 2.57. The molecule has 110 valence electrons. The van der Waals surface area contributed by atoms with Gasteiger partial charge in [0, 0.05) is 5.56 Å². The second-order valence-electron chi connectivity index (χ2n) is 4.64. The topological polar surface area (TPSA) is 68.5 Å². The van der Waals surface area contributed by atoms with E-state index in [-0.39, 0.29) is 11.7 Å². The molecule has 2 rings (SSSR count). The van der Waals surface area contributed by atoms with Crippen molar-refractivity contribution in [1.29, 1.82) is 0 Å². The number of carbonyl (C=O) groups excluding carboxylic acids is 2. The Morgan fingerprint density at radius 1 is 1.29 bits per heavy atom. The number of nitrogens with one attached hydrogen (secondary N) is 1. The summed E-state index contributed by atoms with van der Waals surface area (Å²) in [5.74, 6) is 0.868. The number of rotatable bonds is 6. The predicted molar refractivity (Wildman–Crippen MR) is 77.1 cm³/mol. The lowest BCUT2D eigenvalue weighted by atomic mass is 10.1. The fourth-order valence-electron chi connectivity index (χ4n) is 1.78. The normalized spacial score (nSPS) is 11.7. The minimum Gasteiger partial charge on any atom is -0.481 e. The van der Waals surface area contributed by atoms with E-state index in [1.165, 1.54) is 6.92 Å². The summed E-state index contributed by atoms with van der Waals surface area (Å²) in [6, 6.07) is 10.3. The van der Waals surface area contributed by atoms with E-state index in [2.05, 4.69) is 5.32 Å². The molecule has 1 aromatic carbocycles. The highest BCUT2D eigenvalue weighted by atomic mass is 16.5. The molecule has 0 aliphatic rings. The van der Waals surface area contributed by atoms with Crippen LogP contribution in [0.15, 0.2) is 47.1 Å². The monoisotopic (exact) mass is 287 g/mol. The van der Waals surface area contributed by atoms with Gasteiger partial charge >= 0.3 is 0 Å². The van der Waals surface area contributed by atoms with Crippen molar-refractivity contribution in [3.63, 3.8) is 0 Å². The highest BCUT2D eigenvalue weighted by Gasteiger charge is 2.15. The van der Waals surface area contributed by atoms with Crippen LogP contribution in [0.25, 0.3) is 0 Å². The number of benzene rings is 1. The van der Waals surface area contributed by atoms with Crippen LogP contribution in [-0.4, -0.2) is 17.8 Å². The Morgan fingerprint density at radius 3 is 2.76 bits per heavy atom. The number of ether oxygens (including phenoxy) is 1. The first-order valence-corrected chi connectivity index (χ1v) is 6.64. The van der Waals surface area contributed by atoms with Crippen LogP contribution in [0.5, 0.6) is 5.75 Å². The number of hydrogen-bond donors (Lipinski definition) is 1. The van der Waals surface area contributed by atoms with Crippen LogP contribution in [0.2, 0.25) is 0 Å². The van der Waals surface area contributed by atoms with Gasteiger partial charge in [0.1, 0.15) is 11.5 Å². The number of carbonyl (C=O) groups is 2. The summed E-state index contributed by atoms with van der Waals surface area (Å²) in [5, 5.41) is 2.72. The summed E-state index contributed by atoms with van der Waals surface area (Å²) in [6.07, 6.45) is 0.886. The van der Waals surface area contributed by atoms with Crippen molar-refractivity contribution in [2.45, 2.75) is 26.5 Å². The Bertz CT molecular complexity index is 619. The first-order chi connectivity index (χ1) is 10.1. The third-order valence-electron chi connectivity index (χ3n) is 2.94. The summed E-state index contributed by atoms with van der Waals surface area (Å²) in [4.78, 5) is 23.2. The Kier molecular flexibility index (Phi) is 4.77. The van der Waals surface area contributed by atoms with Crippen LogP contribution < -0.4 is 10.1 Å². The minimum absolute atomic E-state index is 0.0460. The standard InChI is InChI=1S/C16H17NO4/c1-11(18)13-5-3-6-14(9-13)21-12(2)16(19)17-10-15-7-4-8-20-15/h3-9,12H,10H2,1-2H3,(H,17,19). The van der Waals surface area contributed by atoms with Crippen molar-refractivity contribution < 1.29 is 18.7 Å². The van der Waals surface area contributed by atoms with E-state index in [9.17, 15) is 9.59 Å². The summed E-state index contributed by atoms with van der Waals surface area (Å²) >= 11 is 0. The van der Waals surface area contributed by atoms with Crippen molar-refractivity contribution >= 4 is 11.7 Å². The second-order valence-corrected chi connectivity index (χ2v) is 4.64. The zero-order valence-corrected chi connectivity index (χ0v) is 12.0. The zero-order chi connectivity index (χ0) is 15.2. The Labute approximate surface area is 122 Å². The Morgan fingerprint density at radius 2 is 2.10 bits per heavy atom. The summed E-state index contributed by atoms with van der Waals surface area (Å²) < 4.78 is 10.7. The van der Waals surface area contributed by atoms with E-state index in [0.717, 1.165) is 0 Å². The van der Waals surface area contributed by atoms with E-state index >= 15 is 0 Å². The highest BCUT2D eigenvalue weighted by molar-refractivity contribution is 5.94. The van der Waals surface area contributed by atoms with Crippen molar-refractivity contribution in [2.24, 2.45) is 0 Å². The molecular weight excluding hydrogens is 270 g/mol. The molecule has 0 saturated carbocycles. The summed E-state index contributed by atoms with van der Waals surface area (Å²) in [6.45, 7) is 3.45. The molecule has 1 N–H and O–H groups in total. The number of amides is 1. The lowest BCUT2D eigenvalue weighted by molar-refractivity contribution is -0.127. The Balaban J connectivity index is 1.91. The van der Waals surface area contributed by atoms with E-state index < -0.39 is 6.10 Å². The van der Waals surface area contributed by atoms with Crippen molar-refractivity contribution in [2.75, 3.05) is 0 Å². The minimum atomic E-state index is -0.665. The molecule has 1 heterocycles. The summed E-state index contributed by atoms with van der Waals surface area (Å²) in [7, 11) is 0. The molecule has 5 nitrogen and oxygen atoms in total. The number of hydrogen-bond acceptors (Lipinski definition) is 4. The van der Waals surface area contributed by atoms with E-state index in [4.69, 9.17) is 9.15 Å². The van der Waals surface area contributed by atoms with Crippen molar-refractivity contribution in [1.82, 2.24) is 5.32 Å². The lowest BCUT2D eigenvalue weighted by Gasteiger charge is -2.14. The first kappa shape index (κ1) is 14.8. The first-order valence-electron chi connectivity index (χ1n) is 6.64. The number of furan rings is 1. The fraction of sp³-hybridized carbons (Fsp3) is 0.250. The smallest absolute Gasteiger partial charge is 0.261 e. The van der Waals surface area contributed by atoms with E-state index in [0.29, 0.717) is 23.6 Å². The Hall–Kier alpha value is -2.56. The molecule has 1 aromatic heterocycles. The second kappa shape index (κ2) is 6.74. The maximum Gasteiger partial charge on any atom is 0.261 e. The SMILES string of the molecule is CC(=O)c1cccc(OC(C)C(=O)NCc2ccco2)c1. The van der Waals surface area contributed by atoms with Gasteiger partial charge in [0.2, 0.25) is 0 Å². The molecule has 21 heavy (non-hydrogen) atoms. The summed E-state index contributed by atoms with van der Waals surface area (Å²) in [5.41, 5.74) is 0.552. The van der Waals surface area contributed by atoms with E-state index in [1.54, 1.807) is 49.6 Å². The maximum absolute atomic E-state index is 11.9. The van der Waals surface area contributed by atoms with Crippen LogP contribution in [0.3, 0.4) is 0 Å². The molecule has 1 amide bonds. The molecule has 0 radical (unpaired) electrons. The van der Waals surface area contributed by atoms with Gasteiger partial charge in [0.15, 0.2) is 11.9 Å². The quantitative estimate of drug-likeness (QED) is 0.829. The molecule has 1 atom stereocenters. The highest BCUT2D eigenvalue weighted by Crippen LogP contribution is 2.15. The molecule has 0 saturated heterocycles. The van der Waals surface area contributed by atoms with Gasteiger partial charge < -0.3 is 14.5 Å². The van der Waals surface area contributed by atoms with Gasteiger partial charge in [-0.3, -0.25) is 9.59 Å². The van der Waals surface area contributed by atoms with Crippen LogP contribution in [0.1, 0.15) is 30.0 Å². The van der Waals surface area contributed by atoms with Gasteiger partial charge in [-0.25, -0.2) is 0 Å². The van der Waals surface area contributed by atoms with Crippen molar-refractivity contribution in [3.05, 3.63) is 54.0 Å². The molecule has 0 fully saturated rings. The molecule has 0 aliphatic carbocycles. The van der Waals surface area contributed by atoms with Crippen LogP contribution >= 0.6 is 0 Å². The zero-order valence-electron chi connectivity index (χ0n) is 12.0. The molecule has 1 unspecified atom stereocenters. The number of Topliss-reactive ketones (excluding diaryl/α,β-unsaturated/α-hetero) is 1. The van der Waals surface area contributed by atoms with E-state index in [1.807, 2.05) is 0 Å². The van der Waals surface area contributed by atoms with Gasteiger partial charge in [0.25, 0.3) is 5.91 Å². The number of ketones is 1. The molecule has 0 spiro atoms. The molecule has 0 aliphatic heterocycles. The molecule has 0 bridgehead atoms. The van der Waals surface area contributed by atoms with Gasteiger partial charge in [-0.2, -0.15) is 0 Å². The third kappa shape index (κ3) is 4.21. The van der Waals surface area contributed by atoms with Crippen LogP contribution in [0, 0.1) is 0 Å². The fourth-order valence-corrected chi connectivity index (χ4v) is 1.78. The van der Waals surface area contributed by atoms with Gasteiger partial charge in [-0.05, 0) is 38.1 Å². The van der Waals surface area contributed by atoms with Crippen molar-refractivity contribution in [3.8, 4) is 5.75 Å². The van der Waals surface area contributed by atoms with Gasteiger partial charge in [-0.15, -0.1) is 0 Å². The molecular formula is C16H17NO4. The maximum atomic E-state index is 11.9. The molecule has 2 aromatic rings.